The van der Waals surface area contributed by atoms with E-state index >= 15 is 0 Å². The van der Waals surface area contributed by atoms with Gasteiger partial charge in [-0.3, -0.25) is 0 Å². The molecule has 0 N–H and O–H groups in total. The molecule has 0 rings (SSSR count). The van der Waals surface area contributed by atoms with E-state index in [1.807, 2.05) is 27.7 Å². The second-order valence-electron chi connectivity index (χ2n) is 4.51. The Hall–Kier alpha value is 0.821. The molecule has 0 aliphatic rings. The van der Waals surface area contributed by atoms with E-state index in [0.717, 1.165) is 25.4 Å². The molecule has 0 aromatic carbocycles. The fraction of sp³-hybridized carbons (Fsp3) is 0.818. The molecule has 0 aliphatic heterocycles. The van der Waals surface area contributed by atoms with Crippen molar-refractivity contribution in [1.82, 2.24) is 0 Å². The maximum atomic E-state index is 11.1. The van der Waals surface area contributed by atoms with Crippen LogP contribution < -0.4 is 0 Å². The Balaban J connectivity index is 4.98. The van der Waals surface area contributed by atoms with Gasteiger partial charge in [0.25, 0.3) is 0 Å². The van der Waals surface area contributed by atoms with Crippen LogP contribution in [0.4, 0.5) is 0 Å². The predicted octanol–water partition coefficient (Wildman–Crippen LogP) is 2.17. The van der Waals surface area contributed by atoms with Crippen LogP contribution in [0.2, 0.25) is 0.889 Å². The quantitative estimate of drug-likeness (QED) is 0.548. The van der Waals surface area contributed by atoms with Gasteiger partial charge in [-0.05, 0) is 0 Å². The van der Waals surface area contributed by atoms with Crippen molar-refractivity contribution < 1.29 is 9.59 Å². The first-order chi connectivity index (χ1) is 6.40. The number of rotatable bonds is 6. The van der Waals surface area contributed by atoms with E-state index in [2.05, 4.69) is 0 Å². The van der Waals surface area contributed by atoms with Crippen LogP contribution in [-0.4, -0.2) is 55.8 Å². The summed E-state index contributed by atoms with van der Waals surface area (Å²) in [7, 11) is 0. The zero-order valence-electron chi connectivity index (χ0n) is 9.67. The van der Waals surface area contributed by atoms with Crippen LogP contribution in [-0.2, 0) is 9.59 Å². The SMILES string of the molecule is CCC(C)(C=O)[CH]([Sr])C(C)(C=O)CC. The molecule has 0 bridgehead atoms. The van der Waals surface area contributed by atoms with Crippen LogP contribution in [0.5, 0.6) is 0 Å². The zero-order valence-corrected chi connectivity index (χ0v) is 13.1. The topological polar surface area (TPSA) is 34.1 Å². The van der Waals surface area contributed by atoms with Gasteiger partial charge < -0.3 is 0 Å². The Kier molecular flexibility index (Phi) is 6.12. The van der Waals surface area contributed by atoms with Crippen LogP contribution >= 0.6 is 0 Å². The molecule has 1 radical (unpaired) electrons. The third-order valence-corrected chi connectivity index (χ3v) is 8.24. The summed E-state index contributed by atoms with van der Waals surface area (Å²) in [6.07, 6.45) is 3.72. The van der Waals surface area contributed by atoms with Crippen molar-refractivity contribution in [3.8, 4) is 0 Å². The molecule has 0 spiro atoms. The van der Waals surface area contributed by atoms with E-state index in [1.54, 1.807) is 0 Å². The van der Waals surface area contributed by atoms with Gasteiger partial charge in [-0.2, -0.15) is 0 Å². The van der Waals surface area contributed by atoms with Crippen molar-refractivity contribution in [2.75, 3.05) is 0 Å². The second kappa shape index (κ2) is 5.78. The molecule has 2 atom stereocenters. The van der Waals surface area contributed by atoms with Gasteiger partial charge in [-0.1, -0.05) is 0 Å². The second-order valence-corrected chi connectivity index (χ2v) is 6.51. The molecule has 77 valence electrons. The van der Waals surface area contributed by atoms with E-state index < -0.39 is 0 Å². The van der Waals surface area contributed by atoms with Crippen LogP contribution in [0.1, 0.15) is 40.5 Å². The number of carbonyl (C=O) groups excluding carboxylic acids is 2. The Labute approximate surface area is 116 Å². The molecule has 0 heterocycles. The van der Waals surface area contributed by atoms with Gasteiger partial charge in [-0.25, -0.2) is 0 Å². The Morgan fingerprint density at radius 1 is 1.07 bits per heavy atom. The van der Waals surface area contributed by atoms with Gasteiger partial charge in [0.1, 0.15) is 0 Å². The summed E-state index contributed by atoms with van der Waals surface area (Å²) in [5.74, 6) is 0. The van der Waals surface area contributed by atoms with Gasteiger partial charge in [0.15, 0.2) is 0 Å². The summed E-state index contributed by atoms with van der Waals surface area (Å²) < 4.78 is 0.253. The first-order valence-electron chi connectivity index (χ1n) is 5.16. The van der Waals surface area contributed by atoms with Gasteiger partial charge in [0, 0.05) is 0 Å². The molecule has 14 heavy (non-hydrogen) atoms. The van der Waals surface area contributed by atoms with Crippen LogP contribution in [0.25, 0.3) is 0 Å². The third-order valence-electron chi connectivity index (χ3n) is 3.65. The summed E-state index contributed by atoms with van der Waals surface area (Å²) in [4.78, 5) is 22.2. The zero-order chi connectivity index (χ0) is 11.4. The number of aldehydes is 2. The third kappa shape index (κ3) is 2.91. The molecular weight excluding hydrogens is 252 g/mol. The van der Waals surface area contributed by atoms with Crippen molar-refractivity contribution in [2.45, 2.75) is 41.4 Å². The minimum atomic E-state index is -0.308. The molecule has 0 saturated carbocycles. The molecule has 0 amide bonds. The molecule has 2 nitrogen and oxygen atoms in total. The summed E-state index contributed by atoms with van der Waals surface area (Å²) in [6, 6.07) is 0. The summed E-state index contributed by atoms with van der Waals surface area (Å²) in [5, 5.41) is 0. The van der Waals surface area contributed by atoms with E-state index in [-0.39, 0.29) is 11.7 Å². The van der Waals surface area contributed by atoms with Crippen molar-refractivity contribution in [3.63, 3.8) is 0 Å². The average Bonchev–Trinajstić information content (AvgIpc) is 2.25. The van der Waals surface area contributed by atoms with E-state index in [1.165, 1.54) is 0 Å². The summed E-state index contributed by atoms with van der Waals surface area (Å²) in [5.41, 5.74) is -0.615. The summed E-state index contributed by atoms with van der Waals surface area (Å²) >= 11 is 0.631. The Bertz CT molecular complexity index is 195. The standard InChI is InChI=1S/C11H19O2.Sr/c1-5-10(3,8-12)7-11(4,6-2)9-13;/h7-9H,5-6H2,1-4H3;. The molecular formula is C11H19O2Sr. The predicted molar refractivity (Wildman–Crippen MR) is 58.4 cm³/mol. The van der Waals surface area contributed by atoms with Gasteiger partial charge in [-0.15, -0.1) is 0 Å². The molecule has 0 fully saturated rings. The number of carbonyl (C=O) groups is 2. The normalized spacial score (nSPS) is 21.6. The van der Waals surface area contributed by atoms with Crippen molar-refractivity contribution >= 4 is 55.8 Å². The van der Waals surface area contributed by atoms with E-state index in [0.29, 0.717) is 43.3 Å². The number of hydrogen-bond acceptors (Lipinski definition) is 2. The van der Waals surface area contributed by atoms with Crippen LogP contribution in [0.3, 0.4) is 0 Å². The fourth-order valence-electron chi connectivity index (χ4n) is 1.58. The van der Waals surface area contributed by atoms with Gasteiger partial charge in [0.05, 0.1) is 0 Å². The van der Waals surface area contributed by atoms with Crippen LogP contribution in [0, 0.1) is 10.8 Å². The Morgan fingerprint density at radius 3 is 1.50 bits per heavy atom. The molecule has 3 heteroatoms. The van der Waals surface area contributed by atoms with Crippen molar-refractivity contribution in [2.24, 2.45) is 10.8 Å². The van der Waals surface area contributed by atoms with E-state index in [4.69, 9.17) is 0 Å². The summed E-state index contributed by atoms with van der Waals surface area (Å²) in [6.45, 7) is 7.99. The van der Waals surface area contributed by atoms with Gasteiger partial charge in [0.2, 0.25) is 0 Å². The molecule has 0 saturated heterocycles. The minimum absolute atomic E-state index is 0.253. The van der Waals surface area contributed by atoms with Crippen LogP contribution in [0.15, 0.2) is 0 Å². The molecule has 0 aromatic rings. The number of hydrogen-bond donors (Lipinski definition) is 0. The molecule has 0 aromatic heterocycles. The monoisotopic (exact) mass is 271 g/mol. The van der Waals surface area contributed by atoms with E-state index in [9.17, 15) is 9.59 Å². The molecule has 2 unspecified atom stereocenters. The molecule has 0 aliphatic carbocycles. The first-order valence-corrected chi connectivity index (χ1v) is 7.16. The maximum absolute atomic E-state index is 11.1. The van der Waals surface area contributed by atoms with Crippen molar-refractivity contribution in [3.05, 3.63) is 0 Å². The van der Waals surface area contributed by atoms with Gasteiger partial charge >= 0.3 is 118 Å². The Morgan fingerprint density at radius 2 is 1.36 bits per heavy atom. The fourth-order valence-corrected chi connectivity index (χ4v) is 3.47. The first kappa shape index (κ1) is 14.8. The van der Waals surface area contributed by atoms with Crippen molar-refractivity contribution in [1.29, 1.82) is 0 Å². The average molecular weight is 271 g/mol.